The van der Waals surface area contributed by atoms with E-state index >= 15 is 0 Å². The summed E-state index contributed by atoms with van der Waals surface area (Å²) in [4.78, 5) is 72.4. The van der Waals surface area contributed by atoms with Crippen molar-refractivity contribution in [2.75, 3.05) is 6.54 Å². The number of unbranched alkanes of at least 4 members (excludes halogenated alkanes) is 1. The van der Waals surface area contributed by atoms with Gasteiger partial charge in [0.15, 0.2) is 0 Å². The molecule has 0 saturated heterocycles. The monoisotopic (exact) mass is 584 g/mol. The van der Waals surface area contributed by atoms with Crippen molar-refractivity contribution < 1.29 is 34.2 Å². The largest absolute Gasteiger partial charge is 0.481 e. The predicted octanol–water partition coefficient (Wildman–Crippen LogP) is -0.854. The van der Waals surface area contributed by atoms with E-state index in [9.17, 15) is 34.2 Å². The van der Waals surface area contributed by atoms with E-state index in [1.165, 1.54) is 12.5 Å². The van der Waals surface area contributed by atoms with Crippen LogP contribution in [-0.4, -0.2) is 85.5 Å². The molecule has 0 aliphatic carbocycles. The number of rotatable bonds is 17. The zero-order valence-corrected chi connectivity index (χ0v) is 22.8. The van der Waals surface area contributed by atoms with E-state index in [4.69, 9.17) is 11.5 Å². The van der Waals surface area contributed by atoms with Gasteiger partial charge in [-0.05, 0) is 37.4 Å². The number of nitrogens with two attached hydrogens (primary N) is 2. The Hall–Kier alpha value is -4.76. The zero-order valence-electron chi connectivity index (χ0n) is 22.8. The van der Waals surface area contributed by atoms with E-state index in [2.05, 4.69) is 30.9 Å². The minimum Gasteiger partial charge on any atom is -0.481 e. The maximum absolute atomic E-state index is 13.2. The van der Waals surface area contributed by atoms with Gasteiger partial charge in [0, 0.05) is 41.8 Å². The van der Waals surface area contributed by atoms with Crippen LogP contribution in [0.3, 0.4) is 0 Å². The number of H-pyrrole nitrogens is 2. The van der Waals surface area contributed by atoms with Gasteiger partial charge in [0.1, 0.15) is 18.1 Å². The predicted molar refractivity (Wildman–Crippen MR) is 151 cm³/mol. The molecular weight excluding hydrogens is 548 g/mol. The number of nitrogens with one attached hydrogen (secondary N) is 5. The molecule has 3 rings (SSSR count). The van der Waals surface area contributed by atoms with E-state index in [-0.39, 0.29) is 19.3 Å². The first kappa shape index (κ1) is 31.8. The van der Waals surface area contributed by atoms with E-state index in [1.54, 1.807) is 18.3 Å². The van der Waals surface area contributed by atoms with Gasteiger partial charge in [-0.25, -0.2) is 9.78 Å². The molecule has 0 saturated carbocycles. The van der Waals surface area contributed by atoms with Crippen molar-refractivity contribution in [1.29, 1.82) is 0 Å². The highest BCUT2D eigenvalue weighted by Crippen LogP contribution is 2.19. The third-order valence-electron chi connectivity index (χ3n) is 6.64. The summed E-state index contributed by atoms with van der Waals surface area (Å²) in [7, 11) is 0. The van der Waals surface area contributed by atoms with Crippen LogP contribution >= 0.6 is 0 Å². The topological polar surface area (TPSA) is 258 Å². The second kappa shape index (κ2) is 15.3. The van der Waals surface area contributed by atoms with E-state index in [1.807, 2.05) is 12.1 Å². The molecule has 2 aromatic heterocycles. The highest BCUT2D eigenvalue weighted by molar-refractivity contribution is 5.96. The van der Waals surface area contributed by atoms with Gasteiger partial charge < -0.3 is 47.6 Å². The van der Waals surface area contributed by atoms with Crippen molar-refractivity contribution in [3.63, 3.8) is 0 Å². The number of aromatic amines is 2. The lowest BCUT2D eigenvalue weighted by Crippen LogP contribution is -2.57. The van der Waals surface area contributed by atoms with Crippen LogP contribution in [0.15, 0.2) is 43.0 Å². The first-order chi connectivity index (χ1) is 20.1. The molecule has 0 bridgehead atoms. The first-order valence-corrected chi connectivity index (χ1v) is 13.4. The molecule has 0 spiro atoms. The van der Waals surface area contributed by atoms with Crippen LogP contribution < -0.4 is 27.4 Å². The molecule has 226 valence electrons. The number of carboxylic acids is 2. The summed E-state index contributed by atoms with van der Waals surface area (Å²) in [6, 6.07) is 2.03. The summed E-state index contributed by atoms with van der Waals surface area (Å²) >= 11 is 0. The number of nitrogens with zero attached hydrogens (tertiary/aromatic N) is 1. The molecule has 42 heavy (non-hydrogen) atoms. The maximum atomic E-state index is 13.2. The lowest BCUT2D eigenvalue weighted by Gasteiger charge is -2.24. The van der Waals surface area contributed by atoms with E-state index in [0.717, 1.165) is 10.9 Å². The summed E-state index contributed by atoms with van der Waals surface area (Å²) < 4.78 is 0. The van der Waals surface area contributed by atoms with Gasteiger partial charge in [-0.1, -0.05) is 18.2 Å². The summed E-state index contributed by atoms with van der Waals surface area (Å²) in [5, 5.41) is 27.2. The third kappa shape index (κ3) is 9.14. The van der Waals surface area contributed by atoms with Gasteiger partial charge in [-0.2, -0.15) is 0 Å². The lowest BCUT2D eigenvalue weighted by atomic mass is 10.0. The van der Waals surface area contributed by atoms with Crippen molar-refractivity contribution in [3.8, 4) is 0 Å². The molecule has 3 amide bonds. The highest BCUT2D eigenvalue weighted by Gasteiger charge is 2.32. The number of carbonyl (C=O) groups excluding carboxylic acids is 3. The number of carboxylic acid groups (broad SMARTS) is 2. The number of hydrogen-bond acceptors (Lipinski definition) is 8. The molecule has 2 heterocycles. The number of imidazole rings is 1. The molecule has 0 aliphatic heterocycles. The summed E-state index contributed by atoms with van der Waals surface area (Å²) in [6.07, 6.45) is 4.94. The van der Waals surface area contributed by atoms with Crippen molar-refractivity contribution in [1.82, 2.24) is 30.9 Å². The fourth-order valence-corrected chi connectivity index (χ4v) is 4.42. The summed E-state index contributed by atoms with van der Waals surface area (Å²) in [6.45, 7) is 0.346. The van der Waals surface area contributed by atoms with Gasteiger partial charge in [-0.3, -0.25) is 19.2 Å². The normalized spacial score (nSPS) is 14.0. The average molecular weight is 585 g/mol. The van der Waals surface area contributed by atoms with Gasteiger partial charge in [0.05, 0.1) is 18.8 Å². The summed E-state index contributed by atoms with van der Waals surface area (Å²) in [5.74, 6) is -5.20. The number of aromatic nitrogens is 3. The number of hydrogen-bond donors (Lipinski definition) is 9. The Balaban J connectivity index is 1.71. The Kier molecular flexibility index (Phi) is 11.6. The SMILES string of the molecule is NCCCCC(NC(=O)C(N)Cc1cnc[nH]1)C(=O)NC(CC(=O)O)C(=O)NC(Cc1c[nH]c2ccccc12)C(=O)O. The smallest absolute Gasteiger partial charge is 0.326 e. The second-order valence-corrected chi connectivity index (χ2v) is 9.86. The van der Waals surface area contributed by atoms with Gasteiger partial charge in [0.2, 0.25) is 17.7 Å². The van der Waals surface area contributed by atoms with Crippen LogP contribution in [-0.2, 0) is 36.8 Å². The van der Waals surface area contributed by atoms with Crippen molar-refractivity contribution >= 4 is 40.6 Å². The van der Waals surface area contributed by atoms with Crippen LogP contribution in [0.5, 0.6) is 0 Å². The molecule has 3 aromatic rings. The number of aliphatic carboxylic acids is 2. The summed E-state index contributed by atoms with van der Waals surface area (Å²) in [5.41, 5.74) is 13.6. The van der Waals surface area contributed by atoms with Crippen molar-refractivity contribution in [2.45, 2.75) is 62.7 Å². The number of benzene rings is 1. The molecule has 11 N–H and O–H groups in total. The molecule has 4 atom stereocenters. The van der Waals surface area contributed by atoms with Gasteiger partial charge in [0.25, 0.3) is 0 Å². The van der Waals surface area contributed by atoms with Gasteiger partial charge in [-0.15, -0.1) is 0 Å². The molecular formula is C27H36N8O7. The highest BCUT2D eigenvalue weighted by atomic mass is 16.4. The van der Waals surface area contributed by atoms with Crippen LogP contribution in [0.4, 0.5) is 0 Å². The maximum Gasteiger partial charge on any atom is 0.326 e. The second-order valence-electron chi connectivity index (χ2n) is 9.86. The van der Waals surface area contributed by atoms with Crippen LogP contribution in [0.25, 0.3) is 10.9 Å². The fraction of sp³-hybridized carbons (Fsp3) is 0.407. The minimum absolute atomic E-state index is 0.0924. The Morgan fingerprint density at radius 3 is 2.24 bits per heavy atom. The van der Waals surface area contributed by atoms with Crippen molar-refractivity contribution in [2.24, 2.45) is 11.5 Å². The third-order valence-corrected chi connectivity index (χ3v) is 6.64. The van der Waals surface area contributed by atoms with E-state index < -0.39 is 60.2 Å². The van der Waals surface area contributed by atoms with Crippen LogP contribution in [0.2, 0.25) is 0 Å². The molecule has 15 heteroatoms. The molecule has 1 aromatic carbocycles. The zero-order chi connectivity index (χ0) is 30.6. The standard InChI is InChI=1S/C27H36N8O7/c28-8-4-3-7-20(33-24(38)18(29)10-16-13-30-14-32-16)25(39)34-21(11-23(36)37)26(40)35-22(27(41)42)9-15-12-31-19-6-2-1-5-17(15)19/h1-2,5-6,12-14,18,20-22,31H,3-4,7-11,28-29H2,(H,30,32)(H,33,38)(H,34,39)(H,35,40)(H,36,37)(H,41,42). The fourth-order valence-electron chi connectivity index (χ4n) is 4.42. The Morgan fingerprint density at radius 2 is 1.57 bits per heavy atom. The molecule has 0 aliphatic rings. The molecule has 0 fully saturated rings. The Bertz CT molecular complexity index is 1370. The quantitative estimate of drug-likeness (QED) is 0.0887. The van der Waals surface area contributed by atoms with Crippen molar-refractivity contribution in [3.05, 3.63) is 54.2 Å². The number of carbonyl (C=O) groups is 5. The Morgan fingerprint density at radius 1 is 0.881 bits per heavy atom. The number of amides is 3. The van der Waals surface area contributed by atoms with Crippen LogP contribution in [0, 0.1) is 0 Å². The van der Waals surface area contributed by atoms with Crippen LogP contribution in [0.1, 0.15) is 36.9 Å². The number of para-hydroxylation sites is 1. The lowest BCUT2D eigenvalue weighted by molar-refractivity contribution is -0.143. The van der Waals surface area contributed by atoms with E-state index in [0.29, 0.717) is 30.6 Å². The average Bonchev–Trinajstić information content (AvgIpc) is 3.61. The Labute approximate surface area is 240 Å². The molecule has 0 radical (unpaired) electrons. The number of fused-ring (bicyclic) bond motifs is 1. The molecule has 4 unspecified atom stereocenters. The van der Waals surface area contributed by atoms with Gasteiger partial charge >= 0.3 is 11.9 Å². The minimum atomic E-state index is -1.62. The first-order valence-electron chi connectivity index (χ1n) is 13.4. The molecule has 15 nitrogen and oxygen atoms in total.